The van der Waals surface area contributed by atoms with Gasteiger partial charge in [-0.2, -0.15) is 4.98 Å². The summed E-state index contributed by atoms with van der Waals surface area (Å²) in [6.45, 7) is 1.79. The number of ether oxygens (including phenoxy) is 1. The Balaban J connectivity index is 1.73. The second kappa shape index (κ2) is 6.13. The van der Waals surface area contributed by atoms with Gasteiger partial charge in [-0.25, -0.2) is 8.42 Å². The van der Waals surface area contributed by atoms with Gasteiger partial charge in [-0.3, -0.25) is 0 Å². The minimum atomic E-state index is -3.22. The van der Waals surface area contributed by atoms with Crippen molar-refractivity contribution in [3.63, 3.8) is 0 Å². The van der Waals surface area contributed by atoms with E-state index in [2.05, 4.69) is 10.1 Å². The molecule has 0 fully saturated rings. The van der Waals surface area contributed by atoms with Crippen LogP contribution >= 0.6 is 11.3 Å². The van der Waals surface area contributed by atoms with Gasteiger partial charge in [0.25, 0.3) is 5.89 Å². The Morgan fingerprint density at radius 3 is 2.57 bits per heavy atom. The Morgan fingerprint density at radius 1 is 1.22 bits per heavy atom. The van der Waals surface area contributed by atoms with Crippen molar-refractivity contribution < 1.29 is 17.7 Å². The fraction of sp³-hybridized carbons (Fsp3) is 0.200. The number of benzene rings is 1. The first-order valence-corrected chi connectivity index (χ1v) is 9.55. The molecule has 0 bridgehead atoms. The predicted molar refractivity (Wildman–Crippen MR) is 86.2 cm³/mol. The molecule has 0 spiro atoms. The van der Waals surface area contributed by atoms with Gasteiger partial charge >= 0.3 is 0 Å². The first kappa shape index (κ1) is 15.7. The molecule has 1 unspecified atom stereocenters. The summed E-state index contributed by atoms with van der Waals surface area (Å²) in [4.78, 5) is 5.48. The molecule has 0 saturated heterocycles. The molecule has 6 nitrogen and oxygen atoms in total. The topological polar surface area (TPSA) is 82.3 Å². The van der Waals surface area contributed by atoms with Crippen LogP contribution < -0.4 is 4.74 Å². The summed E-state index contributed by atoms with van der Waals surface area (Å²) in [5.74, 6) is 1.42. The molecule has 0 radical (unpaired) electrons. The highest BCUT2D eigenvalue weighted by Gasteiger charge is 2.17. The van der Waals surface area contributed by atoms with Crippen molar-refractivity contribution in [1.82, 2.24) is 10.1 Å². The highest BCUT2D eigenvalue weighted by atomic mass is 32.2. The summed E-state index contributed by atoms with van der Waals surface area (Å²) >= 11 is 1.53. The van der Waals surface area contributed by atoms with Gasteiger partial charge < -0.3 is 9.26 Å². The van der Waals surface area contributed by atoms with Crippen LogP contribution in [0.5, 0.6) is 5.75 Å². The van der Waals surface area contributed by atoms with Crippen molar-refractivity contribution in [3.05, 3.63) is 47.7 Å². The van der Waals surface area contributed by atoms with E-state index in [4.69, 9.17) is 9.26 Å². The molecule has 0 aliphatic carbocycles. The van der Waals surface area contributed by atoms with Crippen molar-refractivity contribution in [1.29, 1.82) is 0 Å². The Hall–Kier alpha value is -2.19. The molecule has 0 aliphatic heterocycles. The van der Waals surface area contributed by atoms with E-state index < -0.39 is 15.9 Å². The molecule has 1 atom stereocenters. The van der Waals surface area contributed by atoms with E-state index in [0.29, 0.717) is 17.5 Å². The highest BCUT2D eigenvalue weighted by molar-refractivity contribution is 7.90. The maximum Gasteiger partial charge on any atom is 0.267 e. The third-order valence-electron chi connectivity index (χ3n) is 3.10. The number of rotatable bonds is 5. The lowest BCUT2D eigenvalue weighted by Crippen LogP contribution is -2.04. The lowest BCUT2D eigenvalue weighted by atomic mass is 10.3. The van der Waals surface area contributed by atoms with Crippen LogP contribution in [0.1, 0.15) is 18.9 Å². The summed E-state index contributed by atoms with van der Waals surface area (Å²) in [5.41, 5.74) is 0. The quantitative estimate of drug-likeness (QED) is 0.702. The number of nitrogens with zero attached hydrogens (tertiary/aromatic N) is 2. The molecule has 8 heteroatoms. The van der Waals surface area contributed by atoms with Crippen LogP contribution in [-0.4, -0.2) is 24.8 Å². The first-order valence-electron chi connectivity index (χ1n) is 6.78. The van der Waals surface area contributed by atoms with Crippen LogP contribution in [0.2, 0.25) is 0 Å². The Morgan fingerprint density at radius 2 is 1.96 bits per heavy atom. The summed E-state index contributed by atoms with van der Waals surface area (Å²) in [6.07, 6.45) is 0.719. The monoisotopic (exact) mass is 350 g/mol. The van der Waals surface area contributed by atoms with Crippen LogP contribution in [0.15, 0.2) is 51.2 Å². The molecule has 3 aromatic rings. The first-order chi connectivity index (χ1) is 10.9. The van der Waals surface area contributed by atoms with Crippen molar-refractivity contribution in [2.24, 2.45) is 0 Å². The zero-order chi connectivity index (χ0) is 16.4. The van der Waals surface area contributed by atoms with Gasteiger partial charge in [-0.1, -0.05) is 11.2 Å². The summed E-state index contributed by atoms with van der Waals surface area (Å²) in [6, 6.07) is 10.0. The molecule has 2 aromatic heterocycles. The normalized spacial score (nSPS) is 13.0. The van der Waals surface area contributed by atoms with Gasteiger partial charge in [-0.15, -0.1) is 11.3 Å². The van der Waals surface area contributed by atoms with Crippen LogP contribution in [0.4, 0.5) is 0 Å². The lowest BCUT2D eigenvalue weighted by molar-refractivity contribution is 0.175. The third kappa shape index (κ3) is 3.59. The zero-order valence-electron chi connectivity index (χ0n) is 12.5. The van der Waals surface area contributed by atoms with E-state index in [1.54, 1.807) is 19.1 Å². The zero-order valence-corrected chi connectivity index (χ0v) is 14.1. The van der Waals surface area contributed by atoms with Crippen molar-refractivity contribution >= 4 is 21.2 Å². The van der Waals surface area contributed by atoms with Gasteiger partial charge in [0.05, 0.1) is 9.77 Å². The average molecular weight is 350 g/mol. The number of hydrogen-bond acceptors (Lipinski definition) is 7. The summed E-state index contributed by atoms with van der Waals surface area (Å²) < 4.78 is 33.8. The van der Waals surface area contributed by atoms with E-state index in [1.165, 1.54) is 23.5 Å². The molecule has 3 rings (SSSR count). The van der Waals surface area contributed by atoms with Crippen LogP contribution in [0, 0.1) is 0 Å². The van der Waals surface area contributed by atoms with Crippen LogP contribution in [0.25, 0.3) is 10.7 Å². The molecule has 120 valence electrons. The van der Waals surface area contributed by atoms with Gasteiger partial charge in [0, 0.05) is 6.26 Å². The molecule has 1 aromatic carbocycles. The van der Waals surface area contributed by atoms with Gasteiger partial charge in [-0.05, 0) is 42.6 Å². The summed E-state index contributed by atoms with van der Waals surface area (Å²) in [7, 11) is -3.22. The standard InChI is InChI=1S/C15H14N2O4S2/c1-10(15-16-14(17-21-15)13-4-3-9-22-13)20-11-5-7-12(8-6-11)23(2,18)19/h3-10H,1-2H3. The van der Waals surface area contributed by atoms with Crippen molar-refractivity contribution in [2.45, 2.75) is 17.9 Å². The Labute approximate surface area is 137 Å². The number of sulfone groups is 1. The molecular formula is C15H14N2O4S2. The minimum Gasteiger partial charge on any atom is -0.481 e. The molecule has 0 aliphatic rings. The SMILES string of the molecule is CC(Oc1ccc(S(C)(=O)=O)cc1)c1nc(-c2cccs2)no1. The van der Waals surface area contributed by atoms with E-state index >= 15 is 0 Å². The molecule has 23 heavy (non-hydrogen) atoms. The largest absolute Gasteiger partial charge is 0.481 e. The Bertz CT molecular complexity index is 884. The summed E-state index contributed by atoms with van der Waals surface area (Å²) in [5, 5.41) is 5.87. The maximum atomic E-state index is 11.4. The Kier molecular flexibility index (Phi) is 4.18. The minimum absolute atomic E-state index is 0.246. The van der Waals surface area contributed by atoms with E-state index in [0.717, 1.165) is 11.1 Å². The second-order valence-corrected chi connectivity index (χ2v) is 7.90. The average Bonchev–Trinajstić information content (AvgIpc) is 3.18. The highest BCUT2D eigenvalue weighted by Crippen LogP contribution is 2.26. The molecule has 0 N–H and O–H groups in total. The van der Waals surface area contributed by atoms with E-state index in [1.807, 2.05) is 17.5 Å². The number of hydrogen-bond donors (Lipinski definition) is 0. The van der Waals surface area contributed by atoms with Crippen LogP contribution in [0.3, 0.4) is 0 Å². The molecule has 2 heterocycles. The fourth-order valence-corrected chi connectivity index (χ4v) is 3.21. The van der Waals surface area contributed by atoms with Crippen molar-refractivity contribution in [3.8, 4) is 16.5 Å². The number of aromatic nitrogens is 2. The molecule has 0 saturated carbocycles. The van der Waals surface area contributed by atoms with Gasteiger partial charge in [0.1, 0.15) is 5.75 Å². The van der Waals surface area contributed by atoms with Crippen molar-refractivity contribution in [2.75, 3.05) is 6.26 Å². The van der Waals surface area contributed by atoms with E-state index in [-0.39, 0.29) is 4.90 Å². The number of thiophene rings is 1. The van der Waals surface area contributed by atoms with Crippen LogP contribution in [-0.2, 0) is 9.84 Å². The van der Waals surface area contributed by atoms with E-state index in [9.17, 15) is 8.42 Å². The fourth-order valence-electron chi connectivity index (χ4n) is 1.93. The lowest BCUT2D eigenvalue weighted by Gasteiger charge is -2.10. The third-order valence-corrected chi connectivity index (χ3v) is 5.09. The smallest absolute Gasteiger partial charge is 0.267 e. The van der Waals surface area contributed by atoms with Gasteiger partial charge in [0.15, 0.2) is 15.9 Å². The maximum absolute atomic E-state index is 11.4. The molecular weight excluding hydrogens is 336 g/mol. The predicted octanol–water partition coefficient (Wildman–Crippen LogP) is 3.34. The second-order valence-electron chi connectivity index (χ2n) is 4.94. The molecule has 0 amide bonds. The van der Waals surface area contributed by atoms with Gasteiger partial charge in [0.2, 0.25) is 5.82 Å².